The van der Waals surface area contributed by atoms with Crippen LogP contribution < -0.4 is 9.73 Å². The SMILES string of the molecule is Cc1cc(C)cc(-n2c(C)cc(/C=N\NC(=O)CN(c3ccccc3)S(=O)(=O)c3ccccc3)c2C)c1. The highest BCUT2D eigenvalue weighted by Crippen LogP contribution is 2.24. The van der Waals surface area contributed by atoms with E-state index in [1.807, 2.05) is 19.9 Å². The molecule has 0 aliphatic rings. The molecule has 0 unspecified atom stereocenters. The predicted molar refractivity (Wildman–Crippen MR) is 148 cm³/mol. The van der Waals surface area contributed by atoms with Gasteiger partial charge in [0.15, 0.2) is 0 Å². The number of anilines is 1. The van der Waals surface area contributed by atoms with Gasteiger partial charge in [0.05, 0.1) is 16.8 Å². The fraction of sp³-hybridized carbons (Fsp3) is 0.172. The Morgan fingerprint density at radius 3 is 2.11 bits per heavy atom. The van der Waals surface area contributed by atoms with E-state index in [1.54, 1.807) is 54.7 Å². The molecule has 0 fully saturated rings. The first-order chi connectivity index (χ1) is 17.7. The Bertz CT molecular complexity index is 1520. The number of nitrogens with zero attached hydrogens (tertiary/aromatic N) is 3. The number of para-hydroxylation sites is 1. The maximum absolute atomic E-state index is 13.3. The van der Waals surface area contributed by atoms with Crippen LogP contribution in [0.2, 0.25) is 0 Å². The van der Waals surface area contributed by atoms with Crippen molar-refractivity contribution in [1.29, 1.82) is 0 Å². The zero-order valence-electron chi connectivity index (χ0n) is 21.3. The number of hydrogen-bond donors (Lipinski definition) is 1. The van der Waals surface area contributed by atoms with Crippen molar-refractivity contribution in [2.75, 3.05) is 10.8 Å². The molecule has 190 valence electrons. The third kappa shape index (κ3) is 5.81. The molecular formula is C29H30N4O3S. The Hall–Kier alpha value is -4.17. The minimum atomic E-state index is -3.96. The summed E-state index contributed by atoms with van der Waals surface area (Å²) in [6.07, 6.45) is 1.58. The van der Waals surface area contributed by atoms with Crippen LogP contribution in [0.25, 0.3) is 5.69 Å². The van der Waals surface area contributed by atoms with Crippen LogP contribution in [0.3, 0.4) is 0 Å². The Morgan fingerprint density at radius 2 is 1.49 bits per heavy atom. The van der Waals surface area contributed by atoms with Gasteiger partial charge in [-0.05, 0) is 81.3 Å². The number of nitrogens with one attached hydrogen (secondary N) is 1. The van der Waals surface area contributed by atoms with Crippen LogP contribution in [-0.2, 0) is 14.8 Å². The monoisotopic (exact) mass is 514 g/mol. The van der Waals surface area contributed by atoms with Crippen LogP contribution in [-0.4, -0.2) is 31.7 Å². The zero-order chi connectivity index (χ0) is 26.6. The lowest BCUT2D eigenvalue weighted by molar-refractivity contribution is -0.119. The van der Waals surface area contributed by atoms with Gasteiger partial charge in [-0.2, -0.15) is 5.10 Å². The van der Waals surface area contributed by atoms with Crippen LogP contribution in [0.5, 0.6) is 0 Å². The normalized spacial score (nSPS) is 11.6. The average Bonchev–Trinajstić information content (AvgIpc) is 3.15. The number of carbonyl (C=O) groups is 1. The second-order valence-electron chi connectivity index (χ2n) is 8.96. The van der Waals surface area contributed by atoms with Gasteiger partial charge in [0, 0.05) is 22.6 Å². The van der Waals surface area contributed by atoms with Crippen LogP contribution in [0.4, 0.5) is 5.69 Å². The Labute approximate surface area is 218 Å². The Kier molecular flexibility index (Phi) is 7.59. The molecular weight excluding hydrogens is 484 g/mol. The molecule has 3 aromatic carbocycles. The molecule has 0 bridgehead atoms. The first-order valence-electron chi connectivity index (χ1n) is 11.9. The molecule has 0 saturated heterocycles. The largest absolute Gasteiger partial charge is 0.318 e. The summed E-state index contributed by atoms with van der Waals surface area (Å²) in [5.74, 6) is -0.553. The number of aryl methyl sites for hydroxylation is 3. The maximum Gasteiger partial charge on any atom is 0.264 e. The highest BCUT2D eigenvalue weighted by molar-refractivity contribution is 7.92. The van der Waals surface area contributed by atoms with Crippen LogP contribution in [0, 0.1) is 27.7 Å². The highest BCUT2D eigenvalue weighted by Gasteiger charge is 2.26. The lowest BCUT2D eigenvalue weighted by Gasteiger charge is -2.23. The number of rotatable bonds is 8. The van der Waals surface area contributed by atoms with E-state index < -0.39 is 22.5 Å². The van der Waals surface area contributed by atoms with Crippen LogP contribution in [0.1, 0.15) is 28.1 Å². The lowest BCUT2D eigenvalue weighted by atomic mass is 10.1. The number of amides is 1. The summed E-state index contributed by atoms with van der Waals surface area (Å²) in [5.41, 5.74) is 9.18. The Balaban J connectivity index is 1.54. The number of benzene rings is 3. The average molecular weight is 515 g/mol. The smallest absolute Gasteiger partial charge is 0.264 e. The number of hydrogen-bond acceptors (Lipinski definition) is 4. The second-order valence-corrected chi connectivity index (χ2v) is 10.8. The Morgan fingerprint density at radius 1 is 0.892 bits per heavy atom. The van der Waals surface area contributed by atoms with Crippen molar-refractivity contribution >= 4 is 27.8 Å². The summed E-state index contributed by atoms with van der Waals surface area (Å²) in [4.78, 5) is 12.9. The van der Waals surface area contributed by atoms with Crippen molar-refractivity contribution in [3.63, 3.8) is 0 Å². The highest BCUT2D eigenvalue weighted by atomic mass is 32.2. The van der Waals surface area contributed by atoms with Crippen LogP contribution in [0.15, 0.2) is 94.9 Å². The molecule has 0 saturated carbocycles. The number of aromatic nitrogens is 1. The van der Waals surface area contributed by atoms with E-state index in [1.165, 1.54) is 23.3 Å². The summed E-state index contributed by atoms with van der Waals surface area (Å²) < 4.78 is 29.9. The molecule has 0 atom stereocenters. The van der Waals surface area contributed by atoms with E-state index >= 15 is 0 Å². The summed E-state index contributed by atoms with van der Waals surface area (Å²) in [6.45, 7) is 7.74. The molecule has 1 amide bonds. The van der Waals surface area contributed by atoms with Crippen molar-refractivity contribution < 1.29 is 13.2 Å². The van der Waals surface area contributed by atoms with E-state index in [0.717, 1.165) is 26.9 Å². The van der Waals surface area contributed by atoms with Crippen molar-refractivity contribution in [2.24, 2.45) is 5.10 Å². The quantitative estimate of drug-likeness (QED) is 0.264. The molecule has 0 aliphatic carbocycles. The fourth-order valence-corrected chi connectivity index (χ4v) is 5.81. The van der Waals surface area contributed by atoms with Gasteiger partial charge < -0.3 is 4.57 Å². The number of carbonyl (C=O) groups excluding carboxylic acids is 1. The molecule has 0 spiro atoms. The molecule has 1 N–H and O–H groups in total. The van der Waals surface area contributed by atoms with Crippen molar-refractivity contribution in [2.45, 2.75) is 32.6 Å². The minimum absolute atomic E-state index is 0.106. The van der Waals surface area contributed by atoms with E-state index in [-0.39, 0.29) is 4.90 Å². The molecule has 0 aliphatic heterocycles. The van der Waals surface area contributed by atoms with E-state index in [4.69, 9.17) is 0 Å². The molecule has 37 heavy (non-hydrogen) atoms. The number of sulfonamides is 1. The minimum Gasteiger partial charge on any atom is -0.318 e. The third-order valence-corrected chi connectivity index (χ3v) is 7.78. The summed E-state index contributed by atoms with van der Waals surface area (Å²) >= 11 is 0. The molecule has 4 rings (SSSR count). The van der Waals surface area contributed by atoms with Crippen molar-refractivity contribution in [1.82, 2.24) is 9.99 Å². The van der Waals surface area contributed by atoms with Crippen molar-refractivity contribution in [3.05, 3.63) is 113 Å². The van der Waals surface area contributed by atoms with Gasteiger partial charge in [-0.3, -0.25) is 9.10 Å². The topological polar surface area (TPSA) is 83.8 Å². The van der Waals surface area contributed by atoms with Gasteiger partial charge in [0.25, 0.3) is 15.9 Å². The lowest BCUT2D eigenvalue weighted by Crippen LogP contribution is -2.39. The van der Waals surface area contributed by atoms with E-state index in [2.05, 4.69) is 47.1 Å². The molecule has 1 heterocycles. The fourth-order valence-electron chi connectivity index (χ4n) is 4.36. The summed E-state index contributed by atoms with van der Waals surface area (Å²) in [7, 11) is -3.96. The molecule has 8 heteroatoms. The van der Waals surface area contributed by atoms with Gasteiger partial charge >= 0.3 is 0 Å². The molecule has 4 aromatic rings. The molecule has 0 radical (unpaired) electrons. The van der Waals surface area contributed by atoms with Gasteiger partial charge in [-0.15, -0.1) is 0 Å². The second kappa shape index (κ2) is 10.8. The molecule has 1 aromatic heterocycles. The first kappa shape index (κ1) is 25.9. The van der Waals surface area contributed by atoms with Gasteiger partial charge in [-0.25, -0.2) is 13.8 Å². The van der Waals surface area contributed by atoms with E-state index in [0.29, 0.717) is 5.69 Å². The van der Waals surface area contributed by atoms with Gasteiger partial charge in [0.1, 0.15) is 6.54 Å². The zero-order valence-corrected chi connectivity index (χ0v) is 22.2. The predicted octanol–water partition coefficient (Wildman–Crippen LogP) is 5.06. The third-order valence-electron chi connectivity index (χ3n) is 5.99. The summed E-state index contributed by atoms with van der Waals surface area (Å²) in [5, 5.41) is 4.13. The standard InChI is InChI=1S/C29H30N4O3S/c1-21-15-22(2)17-27(16-21)33-23(3)18-25(24(33)4)19-30-31-29(34)20-32(26-11-7-5-8-12-26)37(35,36)28-13-9-6-10-14-28/h5-19H,20H2,1-4H3,(H,31,34)/b30-19-. The maximum atomic E-state index is 13.3. The molecule has 7 nitrogen and oxygen atoms in total. The van der Waals surface area contributed by atoms with Gasteiger partial charge in [0.2, 0.25) is 0 Å². The first-order valence-corrected chi connectivity index (χ1v) is 13.3. The van der Waals surface area contributed by atoms with Gasteiger partial charge in [-0.1, -0.05) is 42.5 Å². The summed E-state index contributed by atoms with van der Waals surface area (Å²) in [6, 6.07) is 25.0. The van der Waals surface area contributed by atoms with Crippen LogP contribution >= 0.6 is 0 Å². The van der Waals surface area contributed by atoms with E-state index in [9.17, 15) is 13.2 Å². The number of hydrazone groups is 1. The van der Waals surface area contributed by atoms with Crippen molar-refractivity contribution in [3.8, 4) is 5.69 Å².